The molecule has 0 aliphatic rings. The predicted octanol–water partition coefficient (Wildman–Crippen LogP) is 3.70. The molecule has 0 radical (unpaired) electrons. The fourth-order valence-electron chi connectivity index (χ4n) is 4.03. The number of methoxy groups -OCH3 is 1. The van der Waals surface area contributed by atoms with Crippen molar-refractivity contribution < 1.29 is 43.0 Å². The predicted molar refractivity (Wildman–Crippen MR) is 174 cm³/mol. The summed E-state index contributed by atoms with van der Waals surface area (Å²) in [6.45, 7) is 7.41. The molecule has 0 aromatic heterocycles. The molecule has 0 bridgehead atoms. The smallest absolute Gasteiger partial charge is 0.466 e. The molecule has 0 saturated heterocycles. The number of rotatable bonds is 17. The van der Waals surface area contributed by atoms with Crippen molar-refractivity contribution in [3.63, 3.8) is 0 Å². The van der Waals surface area contributed by atoms with Gasteiger partial charge < -0.3 is 35.5 Å². The molecule has 2 aromatic carbocycles. The largest absolute Gasteiger partial charge is 0.514 e. The van der Waals surface area contributed by atoms with Gasteiger partial charge in [0.15, 0.2) is 0 Å². The molecule has 47 heavy (non-hydrogen) atoms. The second-order valence-corrected chi connectivity index (χ2v) is 11.1. The normalized spacial score (nSPS) is 12.0. The summed E-state index contributed by atoms with van der Waals surface area (Å²) in [6.07, 6.45) is 3.32. The molecule has 0 spiro atoms. The molecule has 4 amide bonds. The molecular formula is C34H44N4O9. The van der Waals surface area contributed by atoms with Crippen molar-refractivity contribution in [2.24, 2.45) is 5.92 Å². The van der Waals surface area contributed by atoms with E-state index in [1.54, 1.807) is 57.2 Å². The first-order valence-corrected chi connectivity index (χ1v) is 15.3. The third kappa shape index (κ3) is 15.1. The zero-order chi connectivity index (χ0) is 34.8. The fourth-order valence-corrected chi connectivity index (χ4v) is 4.03. The van der Waals surface area contributed by atoms with Crippen LogP contribution in [0.15, 0.2) is 60.7 Å². The van der Waals surface area contributed by atoms with Crippen molar-refractivity contribution in [3.05, 3.63) is 71.8 Å². The van der Waals surface area contributed by atoms with Gasteiger partial charge >= 0.3 is 12.1 Å². The van der Waals surface area contributed by atoms with Gasteiger partial charge in [0.1, 0.15) is 24.4 Å². The minimum Gasteiger partial charge on any atom is -0.466 e. The van der Waals surface area contributed by atoms with Crippen LogP contribution in [0.3, 0.4) is 0 Å². The van der Waals surface area contributed by atoms with Crippen molar-refractivity contribution in [3.8, 4) is 5.75 Å². The molecule has 13 nitrogen and oxygen atoms in total. The van der Waals surface area contributed by atoms with Gasteiger partial charge in [-0.2, -0.15) is 0 Å². The quantitative estimate of drug-likeness (QED) is 0.0858. The summed E-state index contributed by atoms with van der Waals surface area (Å²) >= 11 is 0. The number of carbonyl (C=O) groups is 6. The van der Waals surface area contributed by atoms with E-state index in [0.29, 0.717) is 42.8 Å². The molecule has 2 rings (SSSR count). The lowest BCUT2D eigenvalue weighted by Gasteiger charge is -2.24. The number of amides is 4. The molecule has 2 atom stereocenters. The Labute approximate surface area is 274 Å². The van der Waals surface area contributed by atoms with E-state index in [1.807, 2.05) is 19.1 Å². The van der Waals surface area contributed by atoms with Gasteiger partial charge in [0, 0.05) is 30.8 Å². The molecule has 2 aromatic rings. The Morgan fingerprint density at radius 1 is 0.809 bits per heavy atom. The minimum atomic E-state index is -0.891. The van der Waals surface area contributed by atoms with E-state index in [0.717, 1.165) is 17.7 Å². The molecule has 4 N–H and O–H groups in total. The van der Waals surface area contributed by atoms with E-state index < -0.39 is 41.9 Å². The number of esters is 1. The highest BCUT2D eigenvalue weighted by atomic mass is 16.7. The molecule has 13 heteroatoms. The summed E-state index contributed by atoms with van der Waals surface area (Å²) in [4.78, 5) is 72.8. The maximum absolute atomic E-state index is 13.0. The van der Waals surface area contributed by atoms with E-state index in [1.165, 1.54) is 7.11 Å². The number of ether oxygens (including phenoxy) is 3. The van der Waals surface area contributed by atoms with Crippen LogP contribution in [0.25, 0.3) is 0 Å². The van der Waals surface area contributed by atoms with Gasteiger partial charge in [-0.1, -0.05) is 50.1 Å². The molecule has 0 saturated carbocycles. The van der Waals surface area contributed by atoms with Crippen molar-refractivity contribution >= 4 is 41.4 Å². The minimum absolute atomic E-state index is 0.0243. The number of hydrogen-bond donors (Lipinski definition) is 4. The third-order valence-corrected chi connectivity index (χ3v) is 6.77. The number of carbonyl (C=O) groups excluding carboxylic acids is 6. The average molecular weight is 653 g/mol. The summed E-state index contributed by atoms with van der Waals surface area (Å²) < 4.78 is 14.7. The fraction of sp³-hybridized carbons (Fsp3) is 0.412. The van der Waals surface area contributed by atoms with Gasteiger partial charge in [0.25, 0.3) is 0 Å². The van der Waals surface area contributed by atoms with Crippen LogP contribution in [0.2, 0.25) is 0 Å². The zero-order valence-electron chi connectivity index (χ0n) is 27.4. The van der Waals surface area contributed by atoms with E-state index in [9.17, 15) is 28.8 Å². The molecule has 0 aliphatic carbocycles. The summed E-state index contributed by atoms with van der Waals surface area (Å²) in [5.74, 6) is -2.12. The lowest BCUT2D eigenvalue weighted by molar-refractivity contribution is -0.135. The molecule has 254 valence electrons. The number of anilines is 1. The topological polar surface area (TPSA) is 178 Å². The van der Waals surface area contributed by atoms with E-state index >= 15 is 0 Å². The molecule has 0 aliphatic heterocycles. The van der Waals surface area contributed by atoms with Crippen LogP contribution >= 0.6 is 0 Å². The van der Waals surface area contributed by atoms with Gasteiger partial charge in [-0.25, -0.2) is 9.59 Å². The molecular weight excluding hydrogens is 608 g/mol. The van der Waals surface area contributed by atoms with Crippen molar-refractivity contribution in [2.75, 3.05) is 19.0 Å². The maximum atomic E-state index is 13.0. The number of nitrogens with one attached hydrogen (secondary N) is 4. The highest BCUT2D eigenvalue weighted by Crippen LogP contribution is 2.14. The zero-order valence-corrected chi connectivity index (χ0v) is 27.4. The average Bonchev–Trinajstić information content (AvgIpc) is 3.04. The second kappa shape index (κ2) is 20.0. The first-order chi connectivity index (χ1) is 22.4. The van der Waals surface area contributed by atoms with Crippen LogP contribution in [-0.4, -0.2) is 61.5 Å². The second-order valence-electron chi connectivity index (χ2n) is 11.1. The Hall–Kier alpha value is -5.20. The summed E-state index contributed by atoms with van der Waals surface area (Å²) in [5, 5.41) is 10.8. The number of benzene rings is 2. The Morgan fingerprint density at radius 2 is 1.49 bits per heavy atom. The van der Waals surface area contributed by atoms with Gasteiger partial charge in [0.05, 0.1) is 7.11 Å². The van der Waals surface area contributed by atoms with E-state index in [2.05, 4.69) is 26.0 Å². The standard InChI is InChI=1S/C34H44N4O9/c1-22(2)31(38-29(40)9-7-6-8-20-35-28(39)18-19-30(41)45-5)33(43)36-24(4)32(42)37-26-14-12-25(13-15-26)21-46-34(44)47-27-16-10-23(3)11-17-27/h10-19,22,24,31H,6-9,20-21H2,1-5H3,(H,35,39)(H,36,43)(H,37,42)(H,38,40)/b19-18-/t24-,31-/m0/s1. The Morgan fingerprint density at radius 3 is 2.13 bits per heavy atom. The van der Waals surface area contributed by atoms with Crippen molar-refractivity contribution in [1.29, 1.82) is 0 Å². The summed E-state index contributed by atoms with van der Waals surface area (Å²) in [6, 6.07) is 11.9. The third-order valence-electron chi connectivity index (χ3n) is 6.77. The SMILES string of the molecule is COC(=O)/C=C\C(=O)NCCCCCC(=O)N[C@H](C(=O)N[C@@H](C)C(=O)Nc1ccc(COC(=O)Oc2ccc(C)cc2)cc1)C(C)C. The maximum Gasteiger partial charge on any atom is 0.514 e. The Balaban J connectivity index is 1.72. The number of aryl methyl sites for hydroxylation is 1. The molecule has 0 heterocycles. The van der Waals surface area contributed by atoms with Gasteiger partial charge in [-0.3, -0.25) is 19.2 Å². The van der Waals surface area contributed by atoms with E-state index in [-0.39, 0.29) is 24.9 Å². The Bertz CT molecular complexity index is 1390. The first kappa shape index (κ1) is 38.0. The Kier molecular flexibility index (Phi) is 16.2. The van der Waals surface area contributed by atoms with Crippen LogP contribution in [-0.2, 0) is 40.1 Å². The number of hydrogen-bond acceptors (Lipinski definition) is 9. The molecule has 0 fully saturated rings. The highest BCUT2D eigenvalue weighted by molar-refractivity contribution is 5.98. The van der Waals surface area contributed by atoms with Crippen LogP contribution in [0.4, 0.5) is 10.5 Å². The first-order valence-electron chi connectivity index (χ1n) is 15.3. The highest BCUT2D eigenvalue weighted by Gasteiger charge is 2.27. The lowest BCUT2D eigenvalue weighted by atomic mass is 10.0. The van der Waals surface area contributed by atoms with Crippen LogP contribution in [0, 0.1) is 12.8 Å². The van der Waals surface area contributed by atoms with Gasteiger partial charge in [-0.05, 0) is 62.4 Å². The van der Waals surface area contributed by atoms with Crippen molar-refractivity contribution in [2.45, 2.75) is 72.1 Å². The van der Waals surface area contributed by atoms with Crippen LogP contribution < -0.4 is 26.0 Å². The van der Waals surface area contributed by atoms with Crippen LogP contribution in [0.1, 0.15) is 57.6 Å². The van der Waals surface area contributed by atoms with Crippen LogP contribution in [0.5, 0.6) is 5.75 Å². The number of unbranched alkanes of at least 4 members (excludes halogenated alkanes) is 2. The van der Waals surface area contributed by atoms with Crippen molar-refractivity contribution in [1.82, 2.24) is 16.0 Å². The summed E-state index contributed by atoms with van der Waals surface area (Å²) in [7, 11) is 1.22. The monoisotopic (exact) mass is 652 g/mol. The van der Waals surface area contributed by atoms with Gasteiger partial charge in [-0.15, -0.1) is 0 Å². The summed E-state index contributed by atoms with van der Waals surface area (Å²) in [5.41, 5.74) is 2.19. The lowest BCUT2D eigenvalue weighted by Crippen LogP contribution is -2.53. The molecule has 0 unspecified atom stereocenters. The van der Waals surface area contributed by atoms with E-state index in [4.69, 9.17) is 9.47 Å². The van der Waals surface area contributed by atoms with Gasteiger partial charge in [0.2, 0.25) is 23.6 Å².